The molecule has 1 aliphatic rings. The summed E-state index contributed by atoms with van der Waals surface area (Å²) in [4.78, 5) is 14.0. The minimum Gasteiger partial charge on any atom is -0.489 e. The third-order valence-corrected chi connectivity index (χ3v) is 5.18. The third-order valence-electron chi connectivity index (χ3n) is 5.18. The van der Waals surface area contributed by atoms with Crippen molar-refractivity contribution in [3.8, 4) is 11.8 Å². The van der Waals surface area contributed by atoms with Crippen LogP contribution in [0.15, 0.2) is 48.5 Å². The summed E-state index contributed by atoms with van der Waals surface area (Å²) in [6.45, 7) is 6.49. The Morgan fingerprint density at radius 1 is 1.17 bits per heavy atom. The molecule has 0 bridgehead atoms. The minimum absolute atomic E-state index is 0.324. The molecule has 0 saturated carbocycles. The van der Waals surface area contributed by atoms with Crippen LogP contribution in [-0.2, 0) is 16.8 Å². The van der Waals surface area contributed by atoms with E-state index in [9.17, 15) is 14.4 Å². The molecule has 1 fully saturated rings. The minimum atomic E-state index is -0.924. The molecule has 0 N–H and O–H groups in total. The first-order chi connectivity index (χ1) is 14.2. The first-order valence-electron chi connectivity index (χ1n) is 10.1. The molecule has 0 spiro atoms. The number of nitriles is 1. The molecule has 5 nitrogen and oxygen atoms in total. The largest absolute Gasteiger partial charge is 0.489 e. The van der Waals surface area contributed by atoms with E-state index >= 15 is 0 Å². The Hall–Kier alpha value is -3.07. The first kappa shape index (κ1) is 21.6. The van der Waals surface area contributed by atoms with Crippen molar-refractivity contribution < 1.29 is 18.7 Å². The van der Waals surface area contributed by atoms with E-state index < -0.39 is 22.9 Å². The summed E-state index contributed by atoms with van der Waals surface area (Å²) >= 11 is 0. The Kier molecular flexibility index (Phi) is 6.31. The van der Waals surface area contributed by atoms with E-state index in [1.54, 1.807) is 11.0 Å². The smallest absolute Gasteiger partial charge is 0.410 e. The number of nitrogens with zero attached hydrogens (tertiary/aromatic N) is 2. The van der Waals surface area contributed by atoms with Gasteiger partial charge in [0.25, 0.3) is 0 Å². The van der Waals surface area contributed by atoms with Crippen molar-refractivity contribution in [2.45, 2.75) is 51.2 Å². The molecule has 3 rings (SSSR count). The monoisotopic (exact) mass is 410 g/mol. The number of piperidine rings is 1. The highest BCUT2D eigenvalue weighted by molar-refractivity contribution is 5.68. The molecule has 0 radical (unpaired) electrons. The molecule has 0 aliphatic carbocycles. The van der Waals surface area contributed by atoms with Crippen LogP contribution < -0.4 is 4.74 Å². The van der Waals surface area contributed by atoms with Gasteiger partial charge in [0.05, 0.1) is 11.5 Å². The zero-order valence-corrected chi connectivity index (χ0v) is 17.7. The van der Waals surface area contributed by atoms with Gasteiger partial charge in [-0.3, -0.25) is 0 Å². The lowest BCUT2D eigenvalue weighted by atomic mass is 9.73. The number of hydrogen-bond acceptors (Lipinski definition) is 4. The van der Waals surface area contributed by atoms with Crippen LogP contribution in [0.2, 0.25) is 0 Å². The second-order valence-electron chi connectivity index (χ2n) is 8.58. The molecular weight excluding hydrogens is 383 g/mol. The van der Waals surface area contributed by atoms with E-state index in [0.717, 1.165) is 5.56 Å². The van der Waals surface area contributed by atoms with Crippen molar-refractivity contribution in [2.75, 3.05) is 13.1 Å². The van der Waals surface area contributed by atoms with Crippen molar-refractivity contribution in [3.63, 3.8) is 0 Å². The summed E-state index contributed by atoms with van der Waals surface area (Å²) in [7, 11) is 0. The number of amides is 1. The summed E-state index contributed by atoms with van der Waals surface area (Å²) in [5.74, 6) is 0.0776. The maximum Gasteiger partial charge on any atom is 0.410 e. The van der Waals surface area contributed by atoms with E-state index in [4.69, 9.17) is 9.47 Å². The Morgan fingerprint density at radius 3 is 2.43 bits per heavy atom. The highest BCUT2D eigenvalue weighted by Crippen LogP contribution is 2.41. The summed E-state index contributed by atoms with van der Waals surface area (Å²) in [5.41, 5.74) is 0.0115. The van der Waals surface area contributed by atoms with Crippen LogP contribution in [0.25, 0.3) is 0 Å². The van der Waals surface area contributed by atoms with Gasteiger partial charge < -0.3 is 14.4 Å². The Labute approximate surface area is 177 Å². The lowest BCUT2D eigenvalue weighted by Gasteiger charge is -2.38. The second kappa shape index (κ2) is 8.74. The first-order valence-corrected chi connectivity index (χ1v) is 10.1. The number of rotatable bonds is 4. The number of benzene rings is 2. The van der Waals surface area contributed by atoms with E-state index in [-0.39, 0.29) is 0 Å². The van der Waals surface area contributed by atoms with E-state index in [1.807, 2.05) is 51.1 Å². The number of ether oxygens (including phenoxy) is 2. The molecule has 0 aromatic heterocycles. The molecule has 2 aromatic carbocycles. The average molecular weight is 410 g/mol. The quantitative estimate of drug-likeness (QED) is 0.695. The van der Waals surface area contributed by atoms with Crippen LogP contribution in [-0.4, -0.2) is 29.7 Å². The normalized spacial score (nSPS) is 15.9. The number of likely N-dealkylation sites (tertiary alicyclic amines) is 1. The Bertz CT molecular complexity index is 924. The van der Waals surface area contributed by atoms with Gasteiger partial charge >= 0.3 is 6.09 Å². The fourth-order valence-electron chi connectivity index (χ4n) is 3.58. The lowest BCUT2D eigenvalue weighted by molar-refractivity contribution is 0.0184. The number of hydrogen-bond donors (Lipinski definition) is 0. The highest BCUT2D eigenvalue weighted by Gasteiger charge is 2.41. The van der Waals surface area contributed by atoms with Crippen LogP contribution in [0, 0.1) is 17.1 Å². The van der Waals surface area contributed by atoms with E-state index in [2.05, 4.69) is 6.07 Å². The van der Waals surface area contributed by atoms with Crippen molar-refractivity contribution in [2.24, 2.45) is 0 Å². The Morgan fingerprint density at radius 2 is 1.83 bits per heavy atom. The number of carbonyl (C=O) groups excluding carboxylic acids is 1. The summed E-state index contributed by atoms with van der Waals surface area (Å²) in [6.07, 6.45) is 0.371. The molecule has 1 saturated heterocycles. The molecule has 0 unspecified atom stereocenters. The van der Waals surface area contributed by atoms with Gasteiger partial charge in [0.1, 0.15) is 23.8 Å². The molecule has 158 valence electrons. The molecule has 1 amide bonds. The standard InChI is InChI=1S/C24H27FN2O3/c1-23(2,3)30-22(28)27-13-11-24(17-26,12-14-27)20-15-19(25)9-10-21(20)29-16-18-7-5-4-6-8-18/h4-10,15H,11-14,16H2,1-3H3. The predicted octanol–water partition coefficient (Wildman–Crippen LogP) is 5.20. The van der Waals surface area contributed by atoms with Crippen molar-refractivity contribution in [3.05, 3.63) is 65.5 Å². The summed E-state index contributed by atoms with van der Waals surface area (Å²) in [5, 5.41) is 10.0. The van der Waals surface area contributed by atoms with E-state index in [0.29, 0.717) is 43.9 Å². The van der Waals surface area contributed by atoms with Crippen LogP contribution in [0.1, 0.15) is 44.7 Å². The van der Waals surface area contributed by atoms with Crippen molar-refractivity contribution in [1.82, 2.24) is 4.90 Å². The van der Waals surface area contributed by atoms with Crippen LogP contribution in [0.4, 0.5) is 9.18 Å². The third kappa shape index (κ3) is 5.10. The zero-order valence-electron chi connectivity index (χ0n) is 17.7. The molecule has 6 heteroatoms. The maximum atomic E-state index is 14.1. The Balaban J connectivity index is 1.79. The van der Waals surface area contributed by atoms with Gasteiger partial charge in [0.15, 0.2) is 0 Å². The fraction of sp³-hybridized carbons (Fsp3) is 0.417. The molecule has 30 heavy (non-hydrogen) atoms. The zero-order chi connectivity index (χ0) is 21.8. The van der Waals surface area contributed by atoms with Crippen molar-refractivity contribution >= 4 is 6.09 Å². The molecule has 1 aliphatic heterocycles. The molecule has 2 aromatic rings. The molecule has 0 atom stereocenters. The predicted molar refractivity (Wildman–Crippen MR) is 112 cm³/mol. The van der Waals surface area contributed by atoms with Gasteiger partial charge in [0.2, 0.25) is 0 Å². The number of carbonyl (C=O) groups is 1. The molecule has 1 heterocycles. The molecular formula is C24H27FN2O3. The average Bonchev–Trinajstić information content (AvgIpc) is 2.72. The summed E-state index contributed by atoms with van der Waals surface area (Å²) in [6, 6.07) is 16.3. The van der Waals surface area contributed by atoms with E-state index in [1.165, 1.54) is 12.1 Å². The van der Waals surface area contributed by atoms with Gasteiger partial charge in [-0.1, -0.05) is 30.3 Å². The second-order valence-corrected chi connectivity index (χ2v) is 8.58. The van der Waals surface area contributed by atoms with Crippen LogP contribution in [0.3, 0.4) is 0 Å². The lowest BCUT2D eigenvalue weighted by Crippen LogP contribution is -2.46. The SMILES string of the molecule is CC(C)(C)OC(=O)N1CCC(C#N)(c2cc(F)ccc2OCc2ccccc2)CC1. The highest BCUT2D eigenvalue weighted by atomic mass is 19.1. The summed E-state index contributed by atoms with van der Waals surface area (Å²) < 4.78 is 25.5. The van der Waals surface area contributed by atoms with Gasteiger partial charge in [-0.05, 0) is 57.4 Å². The van der Waals surface area contributed by atoms with Crippen LogP contribution in [0.5, 0.6) is 5.75 Å². The fourth-order valence-corrected chi connectivity index (χ4v) is 3.58. The van der Waals surface area contributed by atoms with Gasteiger partial charge in [0, 0.05) is 18.7 Å². The van der Waals surface area contributed by atoms with Crippen LogP contribution >= 0.6 is 0 Å². The van der Waals surface area contributed by atoms with Gasteiger partial charge in [-0.25, -0.2) is 9.18 Å². The topological polar surface area (TPSA) is 62.6 Å². The number of halogens is 1. The van der Waals surface area contributed by atoms with Gasteiger partial charge in [-0.2, -0.15) is 5.26 Å². The maximum absolute atomic E-state index is 14.1. The van der Waals surface area contributed by atoms with Gasteiger partial charge in [-0.15, -0.1) is 0 Å². The van der Waals surface area contributed by atoms with Crippen molar-refractivity contribution in [1.29, 1.82) is 5.26 Å².